The van der Waals surface area contributed by atoms with Crippen LogP contribution in [0.2, 0.25) is 0 Å². The van der Waals surface area contributed by atoms with Gasteiger partial charge in [0.15, 0.2) is 6.61 Å². The lowest BCUT2D eigenvalue weighted by Crippen LogP contribution is -2.44. The van der Waals surface area contributed by atoms with Crippen molar-refractivity contribution in [3.8, 4) is 16.9 Å². The maximum Gasteiger partial charge on any atom is 0.276 e. The molecule has 4 rings (SSSR count). The van der Waals surface area contributed by atoms with Gasteiger partial charge in [-0.25, -0.2) is 0 Å². The van der Waals surface area contributed by atoms with Gasteiger partial charge < -0.3 is 4.74 Å². The molecule has 0 aliphatic rings. The summed E-state index contributed by atoms with van der Waals surface area (Å²) in [5, 5.41) is 0.716. The highest BCUT2D eigenvalue weighted by Crippen LogP contribution is 2.29. The molecule has 1 aromatic heterocycles. The van der Waals surface area contributed by atoms with E-state index in [9.17, 15) is 9.59 Å². The van der Waals surface area contributed by atoms with E-state index in [1.807, 2.05) is 79.7 Å². The molecule has 0 saturated heterocycles. The summed E-state index contributed by atoms with van der Waals surface area (Å²) in [7, 11) is 0. The summed E-state index contributed by atoms with van der Waals surface area (Å²) in [6.45, 7) is 1.58. The van der Waals surface area contributed by atoms with Crippen molar-refractivity contribution in [3.05, 3.63) is 96.2 Å². The van der Waals surface area contributed by atoms with Crippen LogP contribution in [0, 0.1) is 6.92 Å². The largest absolute Gasteiger partial charge is 0.483 e. The van der Waals surface area contributed by atoms with E-state index in [0.717, 1.165) is 22.3 Å². The Morgan fingerprint density at radius 2 is 1.58 bits per heavy atom. The van der Waals surface area contributed by atoms with Crippen molar-refractivity contribution in [1.29, 1.82) is 0 Å². The molecule has 2 N–H and O–H groups in total. The predicted molar refractivity (Wildman–Crippen MR) is 119 cm³/mol. The SMILES string of the molecule is Cc1cc(C(=O)NNC(=O)COc2ccccc2-c2ccccc2)c2ccccc2n1. The number of pyridine rings is 1. The number of fused-ring (bicyclic) bond motifs is 1. The summed E-state index contributed by atoms with van der Waals surface area (Å²) in [6, 6.07) is 26.3. The van der Waals surface area contributed by atoms with Crippen LogP contribution in [0.5, 0.6) is 5.75 Å². The third kappa shape index (κ3) is 4.70. The number of hydrazine groups is 1. The number of ether oxygens (including phenoxy) is 1. The summed E-state index contributed by atoms with van der Waals surface area (Å²) < 4.78 is 5.71. The molecule has 4 aromatic rings. The zero-order chi connectivity index (χ0) is 21.6. The molecule has 3 aromatic carbocycles. The molecule has 31 heavy (non-hydrogen) atoms. The lowest BCUT2D eigenvalue weighted by molar-refractivity contribution is -0.123. The van der Waals surface area contributed by atoms with Crippen LogP contribution in [0.4, 0.5) is 0 Å². The number of carbonyl (C=O) groups is 2. The van der Waals surface area contributed by atoms with E-state index in [1.165, 1.54) is 0 Å². The zero-order valence-corrected chi connectivity index (χ0v) is 17.0. The third-order valence-electron chi connectivity index (χ3n) is 4.73. The third-order valence-corrected chi connectivity index (χ3v) is 4.73. The Morgan fingerprint density at radius 3 is 2.42 bits per heavy atom. The Morgan fingerprint density at radius 1 is 0.871 bits per heavy atom. The van der Waals surface area contributed by atoms with E-state index in [4.69, 9.17) is 4.74 Å². The van der Waals surface area contributed by atoms with Crippen LogP contribution >= 0.6 is 0 Å². The number of benzene rings is 3. The molecule has 0 aliphatic heterocycles. The number of aromatic nitrogens is 1. The molecular formula is C25H21N3O3. The fourth-order valence-corrected chi connectivity index (χ4v) is 3.32. The zero-order valence-electron chi connectivity index (χ0n) is 17.0. The lowest BCUT2D eigenvalue weighted by Gasteiger charge is -2.13. The topological polar surface area (TPSA) is 80.3 Å². The Hall–Kier alpha value is -4.19. The highest BCUT2D eigenvalue weighted by molar-refractivity contribution is 6.06. The van der Waals surface area contributed by atoms with E-state index in [-0.39, 0.29) is 6.61 Å². The number of para-hydroxylation sites is 2. The van der Waals surface area contributed by atoms with Crippen molar-refractivity contribution in [2.24, 2.45) is 0 Å². The van der Waals surface area contributed by atoms with Gasteiger partial charge in [0, 0.05) is 16.6 Å². The van der Waals surface area contributed by atoms with Crippen molar-refractivity contribution >= 4 is 22.7 Å². The quantitative estimate of drug-likeness (QED) is 0.486. The highest BCUT2D eigenvalue weighted by atomic mass is 16.5. The van der Waals surface area contributed by atoms with Crippen molar-refractivity contribution < 1.29 is 14.3 Å². The minimum atomic E-state index is -0.466. The second-order valence-corrected chi connectivity index (χ2v) is 6.98. The number of nitrogens with zero attached hydrogens (tertiary/aromatic N) is 1. The summed E-state index contributed by atoms with van der Waals surface area (Å²) >= 11 is 0. The van der Waals surface area contributed by atoms with Gasteiger partial charge in [-0.05, 0) is 30.7 Å². The standard InChI is InChI=1S/C25H21N3O3/c1-17-15-21(20-12-5-7-13-22(20)26-17)25(30)28-27-24(29)16-31-23-14-8-6-11-19(23)18-9-3-2-4-10-18/h2-15H,16H2,1H3,(H,27,29)(H,28,30). The molecule has 154 valence electrons. The van der Waals surface area contributed by atoms with Gasteiger partial charge in [0.2, 0.25) is 0 Å². The smallest absolute Gasteiger partial charge is 0.276 e. The van der Waals surface area contributed by atoms with E-state index < -0.39 is 11.8 Å². The Bertz CT molecular complexity index is 1240. The number of rotatable bonds is 5. The predicted octanol–water partition coefficient (Wildman–Crippen LogP) is 4.05. The van der Waals surface area contributed by atoms with E-state index >= 15 is 0 Å². The second kappa shape index (κ2) is 9.09. The first kappa shape index (κ1) is 20.1. The molecule has 0 saturated carbocycles. The molecule has 6 heteroatoms. The fourth-order valence-electron chi connectivity index (χ4n) is 3.32. The van der Waals surface area contributed by atoms with Crippen LogP contribution in [-0.2, 0) is 4.79 Å². The molecule has 0 radical (unpaired) electrons. The van der Waals surface area contributed by atoms with Gasteiger partial charge >= 0.3 is 0 Å². The van der Waals surface area contributed by atoms with Gasteiger partial charge in [-0.2, -0.15) is 0 Å². The van der Waals surface area contributed by atoms with Gasteiger partial charge in [0.25, 0.3) is 11.8 Å². The maximum atomic E-state index is 12.6. The van der Waals surface area contributed by atoms with Crippen LogP contribution in [-0.4, -0.2) is 23.4 Å². The normalized spacial score (nSPS) is 10.5. The first-order valence-corrected chi connectivity index (χ1v) is 9.84. The van der Waals surface area contributed by atoms with Gasteiger partial charge in [-0.3, -0.25) is 25.4 Å². The first-order valence-electron chi connectivity index (χ1n) is 9.84. The Balaban J connectivity index is 1.40. The van der Waals surface area contributed by atoms with Crippen molar-refractivity contribution in [2.75, 3.05) is 6.61 Å². The van der Waals surface area contributed by atoms with E-state index in [1.54, 1.807) is 12.1 Å². The fraction of sp³-hybridized carbons (Fsp3) is 0.0800. The van der Waals surface area contributed by atoms with Gasteiger partial charge in [-0.15, -0.1) is 0 Å². The van der Waals surface area contributed by atoms with Crippen LogP contribution in [0.15, 0.2) is 84.9 Å². The Labute approximate surface area is 179 Å². The van der Waals surface area contributed by atoms with Gasteiger partial charge in [0.1, 0.15) is 5.75 Å². The number of hydrogen-bond donors (Lipinski definition) is 2. The molecule has 2 amide bonds. The van der Waals surface area contributed by atoms with Gasteiger partial charge in [0.05, 0.1) is 11.1 Å². The van der Waals surface area contributed by atoms with Crippen LogP contribution in [0.3, 0.4) is 0 Å². The van der Waals surface area contributed by atoms with E-state index in [0.29, 0.717) is 16.7 Å². The van der Waals surface area contributed by atoms with Crippen molar-refractivity contribution in [2.45, 2.75) is 6.92 Å². The highest BCUT2D eigenvalue weighted by Gasteiger charge is 2.13. The molecule has 1 heterocycles. The molecule has 0 spiro atoms. The number of aryl methyl sites for hydroxylation is 1. The van der Waals surface area contributed by atoms with Crippen LogP contribution in [0.1, 0.15) is 16.1 Å². The number of hydrogen-bond acceptors (Lipinski definition) is 4. The van der Waals surface area contributed by atoms with Crippen LogP contribution < -0.4 is 15.6 Å². The maximum absolute atomic E-state index is 12.6. The minimum absolute atomic E-state index is 0.236. The number of carbonyl (C=O) groups excluding carboxylic acids is 2. The number of amides is 2. The van der Waals surface area contributed by atoms with Crippen LogP contribution in [0.25, 0.3) is 22.0 Å². The summed E-state index contributed by atoms with van der Waals surface area (Å²) in [6.07, 6.45) is 0. The average Bonchev–Trinajstić information content (AvgIpc) is 2.81. The average molecular weight is 411 g/mol. The summed E-state index contributed by atoms with van der Waals surface area (Å²) in [4.78, 5) is 29.3. The molecule has 0 unspecified atom stereocenters. The molecular weight excluding hydrogens is 390 g/mol. The summed E-state index contributed by atoms with van der Waals surface area (Å²) in [5.74, 6) is -0.294. The van der Waals surface area contributed by atoms with E-state index in [2.05, 4.69) is 15.8 Å². The molecule has 0 fully saturated rings. The first-order chi connectivity index (χ1) is 15.1. The molecule has 6 nitrogen and oxygen atoms in total. The molecule has 0 bridgehead atoms. The second-order valence-electron chi connectivity index (χ2n) is 6.98. The Kier molecular flexibility index (Phi) is 5.89. The monoisotopic (exact) mass is 411 g/mol. The lowest BCUT2D eigenvalue weighted by atomic mass is 10.1. The summed E-state index contributed by atoms with van der Waals surface area (Å²) in [5.41, 5.74) is 8.63. The minimum Gasteiger partial charge on any atom is -0.483 e. The van der Waals surface area contributed by atoms with Crippen molar-refractivity contribution in [1.82, 2.24) is 15.8 Å². The van der Waals surface area contributed by atoms with Crippen molar-refractivity contribution in [3.63, 3.8) is 0 Å². The molecule has 0 aliphatic carbocycles. The molecule has 0 atom stereocenters. The number of nitrogens with one attached hydrogen (secondary N) is 2. The van der Waals surface area contributed by atoms with Gasteiger partial charge in [-0.1, -0.05) is 66.7 Å².